The molecule has 2 fully saturated rings. The van der Waals surface area contributed by atoms with Crippen LogP contribution < -0.4 is 5.32 Å². The topological polar surface area (TPSA) is 38.3 Å². The largest absolute Gasteiger partial charge is 0.461 e. The van der Waals surface area contributed by atoms with E-state index in [1.165, 1.54) is 6.42 Å². The van der Waals surface area contributed by atoms with Gasteiger partial charge in [0.1, 0.15) is 12.1 Å². The average molecular weight is 225 g/mol. The van der Waals surface area contributed by atoms with Crippen LogP contribution in [0.4, 0.5) is 0 Å². The average Bonchev–Trinajstić information content (AvgIpc) is 2.77. The highest BCUT2D eigenvalue weighted by atomic mass is 16.5. The van der Waals surface area contributed by atoms with E-state index in [1.54, 1.807) is 0 Å². The minimum atomic E-state index is -0.0327. The normalized spacial score (nSPS) is 39.6. The molecule has 3 heteroatoms. The first-order valence-corrected chi connectivity index (χ1v) is 6.60. The first-order valence-electron chi connectivity index (χ1n) is 6.60. The van der Waals surface area contributed by atoms with Gasteiger partial charge in [-0.2, -0.15) is 0 Å². The number of carbonyl (C=O) groups excluding carboxylic acids is 1. The van der Waals surface area contributed by atoms with Gasteiger partial charge in [-0.3, -0.25) is 4.79 Å². The summed E-state index contributed by atoms with van der Waals surface area (Å²) in [4.78, 5) is 11.8. The molecule has 3 unspecified atom stereocenters. The van der Waals surface area contributed by atoms with E-state index in [4.69, 9.17) is 4.74 Å². The number of hydrogen-bond acceptors (Lipinski definition) is 3. The van der Waals surface area contributed by atoms with Crippen LogP contribution in [0.15, 0.2) is 0 Å². The van der Waals surface area contributed by atoms with Gasteiger partial charge in [0.2, 0.25) is 0 Å². The predicted octanol–water partition coefficient (Wildman–Crippen LogP) is 2.11. The maximum atomic E-state index is 11.8. The van der Waals surface area contributed by atoms with Crippen LogP contribution in [0.1, 0.15) is 46.0 Å². The van der Waals surface area contributed by atoms with E-state index in [0.29, 0.717) is 5.92 Å². The molecule has 0 spiro atoms. The Kier molecular flexibility index (Phi) is 3.85. The second-order valence-electron chi connectivity index (χ2n) is 5.48. The number of carbonyl (C=O) groups is 1. The summed E-state index contributed by atoms with van der Waals surface area (Å²) in [7, 11) is 0. The lowest BCUT2D eigenvalue weighted by molar-refractivity contribution is -0.154. The molecule has 16 heavy (non-hydrogen) atoms. The highest BCUT2D eigenvalue weighted by Gasteiger charge is 2.30. The van der Waals surface area contributed by atoms with E-state index in [2.05, 4.69) is 19.2 Å². The Morgan fingerprint density at radius 1 is 1.19 bits per heavy atom. The number of ether oxygens (including phenoxy) is 1. The third-order valence-corrected chi connectivity index (χ3v) is 4.18. The molecular weight excluding hydrogens is 202 g/mol. The fourth-order valence-corrected chi connectivity index (χ4v) is 2.74. The van der Waals surface area contributed by atoms with Crippen LogP contribution in [0.2, 0.25) is 0 Å². The van der Waals surface area contributed by atoms with Gasteiger partial charge < -0.3 is 10.1 Å². The quantitative estimate of drug-likeness (QED) is 0.731. The van der Waals surface area contributed by atoms with E-state index < -0.39 is 0 Å². The number of nitrogens with one attached hydrogen (secondary N) is 1. The molecule has 1 heterocycles. The Bertz CT molecular complexity index is 248. The summed E-state index contributed by atoms with van der Waals surface area (Å²) in [5, 5.41) is 3.19. The minimum Gasteiger partial charge on any atom is -0.461 e. The van der Waals surface area contributed by atoms with E-state index in [1.807, 2.05) is 0 Å². The molecule has 1 N–H and O–H groups in total. The maximum Gasteiger partial charge on any atom is 0.323 e. The van der Waals surface area contributed by atoms with Crippen molar-refractivity contribution in [1.29, 1.82) is 0 Å². The van der Waals surface area contributed by atoms with Crippen LogP contribution in [-0.2, 0) is 9.53 Å². The van der Waals surface area contributed by atoms with Gasteiger partial charge in [0.15, 0.2) is 0 Å². The van der Waals surface area contributed by atoms with Gasteiger partial charge in [0.05, 0.1) is 0 Å². The lowest BCUT2D eigenvalue weighted by Crippen LogP contribution is -2.37. The van der Waals surface area contributed by atoms with Crippen molar-refractivity contribution in [1.82, 2.24) is 5.32 Å². The Labute approximate surface area is 97.9 Å². The number of hydrogen-bond donors (Lipinski definition) is 1. The van der Waals surface area contributed by atoms with Gasteiger partial charge in [-0.25, -0.2) is 0 Å². The molecule has 0 aromatic rings. The van der Waals surface area contributed by atoms with Crippen LogP contribution in [0, 0.1) is 11.8 Å². The lowest BCUT2D eigenvalue weighted by Gasteiger charge is -2.32. The summed E-state index contributed by atoms with van der Waals surface area (Å²) in [5.74, 6) is 1.44. The summed E-state index contributed by atoms with van der Waals surface area (Å²) < 4.78 is 5.59. The molecule has 1 saturated heterocycles. The van der Waals surface area contributed by atoms with Crippen LogP contribution in [0.5, 0.6) is 0 Å². The zero-order valence-electron chi connectivity index (χ0n) is 10.4. The van der Waals surface area contributed by atoms with Crippen molar-refractivity contribution in [3.05, 3.63) is 0 Å². The number of esters is 1. The predicted molar refractivity (Wildman–Crippen MR) is 63.1 cm³/mol. The van der Waals surface area contributed by atoms with E-state index >= 15 is 0 Å². The second kappa shape index (κ2) is 5.17. The SMILES string of the molecule is CC1CCC(OC(=O)[C@H]2CCCN2)CC1C. The van der Waals surface area contributed by atoms with Gasteiger partial charge >= 0.3 is 5.97 Å². The standard InChI is InChI=1S/C13H23NO2/c1-9-5-6-11(8-10(9)2)16-13(15)12-4-3-7-14-12/h9-12,14H,3-8H2,1-2H3/t9?,10?,11?,12-/m1/s1. The summed E-state index contributed by atoms with van der Waals surface area (Å²) in [5.41, 5.74) is 0. The zero-order chi connectivity index (χ0) is 11.5. The molecule has 0 bridgehead atoms. The van der Waals surface area contributed by atoms with Crippen molar-refractivity contribution in [2.75, 3.05) is 6.54 Å². The molecular formula is C13H23NO2. The van der Waals surface area contributed by atoms with Crippen LogP contribution >= 0.6 is 0 Å². The molecule has 0 aromatic heterocycles. The first-order chi connectivity index (χ1) is 7.66. The van der Waals surface area contributed by atoms with E-state index in [-0.39, 0.29) is 18.1 Å². The van der Waals surface area contributed by atoms with Crippen LogP contribution in [-0.4, -0.2) is 24.7 Å². The van der Waals surface area contributed by atoms with Crippen molar-refractivity contribution >= 4 is 5.97 Å². The van der Waals surface area contributed by atoms with Crippen molar-refractivity contribution in [2.24, 2.45) is 11.8 Å². The Hall–Kier alpha value is -0.570. The van der Waals surface area contributed by atoms with Crippen LogP contribution in [0.3, 0.4) is 0 Å². The minimum absolute atomic E-state index is 0.0238. The molecule has 92 valence electrons. The second-order valence-corrected chi connectivity index (χ2v) is 5.48. The van der Waals surface area contributed by atoms with Gasteiger partial charge in [-0.1, -0.05) is 13.8 Å². The summed E-state index contributed by atoms with van der Waals surface area (Å²) in [6.45, 7) is 5.51. The maximum absolute atomic E-state index is 11.8. The summed E-state index contributed by atoms with van der Waals surface area (Å²) in [6.07, 6.45) is 5.48. The molecule has 1 aliphatic carbocycles. The fourth-order valence-electron chi connectivity index (χ4n) is 2.74. The summed E-state index contributed by atoms with van der Waals surface area (Å²) >= 11 is 0. The van der Waals surface area contributed by atoms with Gasteiger partial charge in [-0.15, -0.1) is 0 Å². The summed E-state index contributed by atoms with van der Waals surface area (Å²) in [6, 6.07) is -0.0327. The van der Waals surface area contributed by atoms with E-state index in [9.17, 15) is 4.79 Å². The van der Waals surface area contributed by atoms with Crippen molar-refractivity contribution in [2.45, 2.75) is 58.1 Å². The monoisotopic (exact) mass is 225 g/mol. The molecule has 2 rings (SSSR count). The Balaban J connectivity index is 1.78. The smallest absolute Gasteiger partial charge is 0.323 e. The molecule has 0 amide bonds. The van der Waals surface area contributed by atoms with Crippen molar-refractivity contribution in [3.8, 4) is 0 Å². The molecule has 1 saturated carbocycles. The van der Waals surface area contributed by atoms with Crippen molar-refractivity contribution < 1.29 is 9.53 Å². The van der Waals surface area contributed by atoms with Gasteiger partial charge in [-0.05, 0) is 50.5 Å². The highest BCUT2D eigenvalue weighted by Crippen LogP contribution is 2.31. The first kappa shape index (κ1) is 11.9. The van der Waals surface area contributed by atoms with Crippen LogP contribution in [0.25, 0.3) is 0 Å². The molecule has 3 nitrogen and oxygen atoms in total. The van der Waals surface area contributed by atoms with Gasteiger partial charge in [0, 0.05) is 0 Å². The lowest BCUT2D eigenvalue weighted by atomic mass is 9.80. The Morgan fingerprint density at radius 3 is 2.62 bits per heavy atom. The molecule has 0 aromatic carbocycles. The highest BCUT2D eigenvalue weighted by molar-refractivity contribution is 5.76. The third kappa shape index (κ3) is 2.76. The zero-order valence-corrected chi connectivity index (χ0v) is 10.4. The molecule has 4 atom stereocenters. The molecule has 1 aliphatic heterocycles. The third-order valence-electron chi connectivity index (χ3n) is 4.18. The Morgan fingerprint density at radius 2 is 2.00 bits per heavy atom. The number of rotatable bonds is 2. The van der Waals surface area contributed by atoms with Gasteiger partial charge in [0.25, 0.3) is 0 Å². The van der Waals surface area contributed by atoms with E-state index in [0.717, 1.165) is 38.1 Å². The molecule has 0 radical (unpaired) electrons. The van der Waals surface area contributed by atoms with Crippen molar-refractivity contribution in [3.63, 3.8) is 0 Å². The molecule has 2 aliphatic rings. The fraction of sp³-hybridized carbons (Fsp3) is 0.923.